The third kappa shape index (κ3) is 6.97. The highest BCUT2D eigenvalue weighted by atomic mass is 127. The molecule has 1 atom stereocenters. The van der Waals surface area contributed by atoms with Gasteiger partial charge in [-0.2, -0.15) is 0 Å². The van der Waals surface area contributed by atoms with Crippen LogP contribution >= 0.6 is 24.0 Å². The summed E-state index contributed by atoms with van der Waals surface area (Å²) in [7, 11) is 0. The fraction of sp³-hybridized carbons (Fsp3) is 0.611. The standard InChI is InChI=1S/C18H29N3O.HI/c1-5-14(4)22-17-11-13(3)7-8-15(17)12-20-18(19-6-2)21-16-9-10-16;/h7-8,11,14,16H,5-6,9-10,12H2,1-4H3,(H2,19,20,21);1H. The Kier molecular flexibility index (Phi) is 8.73. The number of rotatable bonds is 7. The van der Waals surface area contributed by atoms with E-state index in [0.717, 1.165) is 30.2 Å². The molecule has 1 aliphatic rings. The predicted molar refractivity (Wildman–Crippen MR) is 108 cm³/mol. The largest absolute Gasteiger partial charge is 0.490 e. The second-order valence-corrected chi connectivity index (χ2v) is 6.06. The molecule has 0 saturated heterocycles. The number of aliphatic imine (C=N–C) groups is 1. The first kappa shape index (κ1) is 20.1. The molecule has 2 N–H and O–H groups in total. The summed E-state index contributed by atoms with van der Waals surface area (Å²) in [4.78, 5) is 4.70. The van der Waals surface area contributed by atoms with Gasteiger partial charge in [-0.25, -0.2) is 4.99 Å². The number of ether oxygens (including phenoxy) is 1. The molecule has 1 aromatic carbocycles. The highest BCUT2D eigenvalue weighted by Gasteiger charge is 2.22. The van der Waals surface area contributed by atoms with Gasteiger partial charge in [-0.3, -0.25) is 0 Å². The number of nitrogens with one attached hydrogen (secondary N) is 2. The van der Waals surface area contributed by atoms with Gasteiger partial charge in [0.2, 0.25) is 0 Å². The summed E-state index contributed by atoms with van der Waals surface area (Å²) >= 11 is 0. The molecule has 23 heavy (non-hydrogen) atoms. The summed E-state index contributed by atoms with van der Waals surface area (Å²) in [6.45, 7) is 9.94. The van der Waals surface area contributed by atoms with Crippen molar-refractivity contribution in [2.45, 2.75) is 65.6 Å². The monoisotopic (exact) mass is 431 g/mol. The van der Waals surface area contributed by atoms with E-state index in [4.69, 9.17) is 9.73 Å². The number of hydrogen-bond acceptors (Lipinski definition) is 2. The molecule has 1 aliphatic carbocycles. The van der Waals surface area contributed by atoms with Gasteiger partial charge < -0.3 is 15.4 Å². The van der Waals surface area contributed by atoms with Crippen LogP contribution in [-0.4, -0.2) is 24.7 Å². The van der Waals surface area contributed by atoms with Gasteiger partial charge in [0.15, 0.2) is 5.96 Å². The van der Waals surface area contributed by atoms with Gasteiger partial charge in [0.25, 0.3) is 0 Å². The second kappa shape index (κ2) is 10.0. The van der Waals surface area contributed by atoms with Gasteiger partial charge in [0.1, 0.15) is 5.75 Å². The van der Waals surface area contributed by atoms with Crippen molar-refractivity contribution in [3.05, 3.63) is 29.3 Å². The Labute approximate surface area is 157 Å². The molecule has 2 rings (SSSR count). The van der Waals surface area contributed by atoms with Crippen LogP contribution < -0.4 is 15.4 Å². The fourth-order valence-corrected chi connectivity index (χ4v) is 2.11. The summed E-state index contributed by atoms with van der Waals surface area (Å²) in [6, 6.07) is 6.96. The van der Waals surface area contributed by atoms with Crippen molar-refractivity contribution in [1.82, 2.24) is 10.6 Å². The average Bonchev–Trinajstić information content (AvgIpc) is 3.30. The zero-order chi connectivity index (χ0) is 15.9. The minimum Gasteiger partial charge on any atom is -0.490 e. The molecule has 1 saturated carbocycles. The van der Waals surface area contributed by atoms with Crippen molar-refractivity contribution < 1.29 is 4.74 Å². The second-order valence-electron chi connectivity index (χ2n) is 6.06. The summed E-state index contributed by atoms with van der Waals surface area (Å²) in [6.07, 6.45) is 3.72. The smallest absolute Gasteiger partial charge is 0.191 e. The Morgan fingerprint density at radius 3 is 2.70 bits per heavy atom. The van der Waals surface area contributed by atoms with E-state index in [0.29, 0.717) is 12.6 Å². The number of hydrogen-bond donors (Lipinski definition) is 2. The van der Waals surface area contributed by atoms with Crippen LogP contribution in [0.15, 0.2) is 23.2 Å². The van der Waals surface area contributed by atoms with Crippen molar-refractivity contribution in [3.8, 4) is 5.75 Å². The maximum atomic E-state index is 6.05. The lowest BCUT2D eigenvalue weighted by molar-refractivity contribution is 0.215. The number of benzene rings is 1. The topological polar surface area (TPSA) is 45.7 Å². The zero-order valence-electron chi connectivity index (χ0n) is 14.7. The molecule has 0 spiro atoms. The molecule has 1 aromatic rings. The maximum Gasteiger partial charge on any atom is 0.191 e. The molecule has 0 bridgehead atoms. The van der Waals surface area contributed by atoms with Crippen LogP contribution in [0.4, 0.5) is 0 Å². The Morgan fingerprint density at radius 1 is 1.35 bits per heavy atom. The molecular formula is C18H30IN3O. The van der Waals surface area contributed by atoms with E-state index in [9.17, 15) is 0 Å². The molecule has 1 unspecified atom stereocenters. The molecular weight excluding hydrogens is 401 g/mol. The molecule has 1 fully saturated rings. The Hall–Kier alpha value is -0.980. The number of aryl methyl sites for hydroxylation is 1. The van der Waals surface area contributed by atoms with Crippen molar-refractivity contribution in [3.63, 3.8) is 0 Å². The number of guanidine groups is 1. The van der Waals surface area contributed by atoms with E-state index in [1.807, 2.05) is 0 Å². The maximum absolute atomic E-state index is 6.05. The van der Waals surface area contributed by atoms with Crippen LogP contribution in [0.5, 0.6) is 5.75 Å². The third-order valence-electron chi connectivity index (χ3n) is 3.80. The minimum atomic E-state index is 0. The van der Waals surface area contributed by atoms with E-state index >= 15 is 0 Å². The molecule has 0 amide bonds. The quantitative estimate of drug-likeness (QED) is 0.390. The predicted octanol–water partition coefficient (Wildman–Crippen LogP) is 4.01. The van der Waals surface area contributed by atoms with Crippen molar-refractivity contribution in [2.24, 2.45) is 4.99 Å². The molecule has 0 heterocycles. The van der Waals surface area contributed by atoms with E-state index in [1.54, 1.807) is 0 Å². The van der Waals surface area contributed by atoms with E-state index in [-0.39, 0.29) is 30.1 Å². The van der Waals surface area contributed by atoms with Gasteiger partial charge in [0, 0.05) is 18.2 Å². The Balaban J connectivity index is 0.00000264. The fourth-order valence-electron chi connectivity index (χ4n) is 2.11. The van der Waals surface area contributed by atoms with Crippen LogP contribution in [0, 0.1) is 6.92 Å². The molecule has 5 heteroatoms. The number of halogens is 1. The minimum absolute atomic E-state index is 0. The molecule has 0 aromatic heterocycles. The van der Waals surface area contributed by atoms with Crippen LogP contribution in [0.25, 0.3) is 0 Å². The summed E-state index contributed by atoms with van der Waals surface area (Å²) < 4.78 is 6.05. The van der Waals surface area contributed by atoms with E-state index in [1.165, 1.54) is 18.4 Å². The Morgan fingerprint density at radius 2 is 2.09 bits per heavy atom. The van der Waals surface area contributed by atoms with E-state index in [2.05, 4.69) is 56.5 Å². The zero-order valence-corrected chi connectivity index (χ0v) is 17.0. The lowest BCUT2D eigenvalue weighted by atomic mass is 10.1. The Bertz CT molecular complexity index is 515. The van der Waals surface area contributed by atoms with Crippen LogP contribution in [0.3, 0.4) is 0 Å². The first-order valence-electron chi connectivity index (χ1n) is 8.43. The lowest BCUT2D eigenvalue weighted by Crippen LogP contribution is -2.38. The molecule has 130 valence electrons. The van der Waals surface area contributed by atoms with Crippen LogP contribution in [0.2, 0.25) is 0 Å². The first-order chi connectivity index (χ1) is 10.6. The van der Waals surface area contributed by atoms with Gasteiger partial charge >= 0.3 is 0 Å². The van der Waals surface area contributed by atoms with Gasteiger partial charge in [-0.05, 0) is 51.7 Å². The van der Waals surface area contributed by atoms with Gasteiger partial charge in [-0.15, -0.1) is 24.0 Å². The SMILES string of the molecule is CCNC(=NCc1ccc(C)cc1OC(C)CC)NC1CC1.I. The highest BCUT2D eigenvalue weighted by Crippen LogP contribution is 2.23. The van der Waals surface area contributed by atoms with Gasteiger partial charge in [-0.1, -0.05) is 19.1 Å². The first-order valence-corrected chi connectivity index (χ1v) is 8.43. The van der Waals surface area contributed by atoms with Crippen LogP contribution in [-0.2, 0) is 6.54 Å². The van der Waals surface area contributed by atoms with Crippen molar-refractivity contribution >= 4 is 29.9 Å². The molecule has 4 nitrogen and oxygen atoms in total. The van der Waals surface area contributed by atoms with Gasteiger partial charge in [0.05, 0.1) is 12.6 Å². The third-order valence-corrected chi connectivity index (χ3v) is 3.80. The van der Waals surface area contributed by atoms with Crippen LogP contribution in [0.1, 0.15) is 51.2 Å². The lowest BCUT2D eigenvalue weighted by Gasteiger charge is -2.17. The van der Waals surface area contributed by atoms with Crippen molar-refractivity contribution in [2.75, 3.05) is 6.54 Å². The average molecular weight is 431 g/mol. The summed E-state index contributed by atoms with van der Waals surface area (Å²) in [5.41, 5.74) is 2.35. The van der Waals surface area contributed by atoms with E-state index < -0.39 is 0 Å². The normalized spacial score (nSPS) is 15.6. The van der Waals surface area contributed by atoms with Crippen molar-refractivity contribution in [1.29, 1.82) is 0 Å². The highest BCUT2D eigenvalue weighted by molar-refractivity contribution is 14.0. The summed E-state index contributed by atoms with van der Waals surface area (Å²) in [5.74, 6) is 1.86. The number of nitrogens with zero attached hydrogens (tertiary/aromatic N) is 1. The molecule has 0 radical (unpaired) electrons. The summed E-state index contributed by atoms with van der Waals surface area (Å²) in [5, 5.41) is 6.75. The molecule has 0 aliphatic heterocycles.